The van der Waals surface area contributed by atoms with Gasteiger partial charge >= 0.3 is 0 Å². The predicted octanol–water partition coefficient (Wildman–Crippen LogP) is 5.28. The van der Waals surface area contributed by atoms with Crippen LogP contribution in [0.3, 0.4) is 0 Å². The minimum Gasteiger partial charge on any atom is -0.448 e. The molecule has 0 radical (unpaired) electrons. The lowest BCUT2D eigenvalue weighted by atomic mass is 10.2. The van der Waals surface area contributed by atoms with Gasteiger partial charge in [0, 0.05) is 4.88 Å². The molecule has 0 saturated heterocycles. The summed E-state index contributed by atoms with van der Waals surface area (Å²) in [6.07, 6.45) is 0. The number of furan rings is 1. The van der Waals surface area contributed by atoms with E-state index in [4.69, 9.17) is 39.2 Å². The van der Waals surface area contributed by atoms with Gasteiger partial charge in [0.25, 0.3) is 0 Å². The highest BCUT2D eigenvalue weighted by molar-refractivity contribution is 7.16. The van der Waals surface area contributed by atoms with Gasteiger partial charge in [0.2, 0.25) is 0 Å². The van der Waals surface area contributed by atoms with Crippen molar-refractivity contribution in [3.63, 3.8) is 0 Å². The smallest absolute Gasteiger partial charge is 0.193 e. The van der Waals surface area contributed by atoms with Crippen LogP contribution in [0.4, 0.5) is 0 Å². The van der Waals surface area contributed by atoms with Gasteiger partial charge in [-0.05, 0) is 42.3 Å². The van der Waals surface area contributed by atoms with Gasteiger partial charge in [0.1, 0.15) is 11.1 Å². The van der Waals surface area contributed by atoms with Crippen molar-refractivity contribution in [2.45, 2.75) is 12.3 Å². The first-order valence-electron chi connectivity index (χ1n) is 4.23. The van der Waals surface area contributed by atoms with E-state index >= 15 is 0 Å². The molecule has 0 aromatic carbocycles. The van der Waals surface area contributed by atoms with E-state index < -0.39 is 0 Å². The zero-order chi connectivity index (χ0) is 11.0. The molecule has 2 aromatic heterocycles. The molecule has 80 valence electrons. The first kappa shape index (κ1) is 11.3. The molecule has 1 nitrogen and oxygen atoms in total. The second kappa shape index (κ2) is 4.38. The number of rotatable bonds is 2. The Morgan fingerprint density at radius 1 is 1.33 bits per heavy atom. The summed E-state index contributed by atoms with van der Waals surface area (Å²) >= 11 is 19.3. The van der Waals surface area contributed by atoms with E-state index in [-0.39, 0.29) is 5.38 Å². The largest absolute Gasteiger partial charge is 0.448 e. The van der Waals surface area contributed by atoms with Gasteiger partial charge in [-0.2, -0.15) is 0 Å². The molecular weight excluding hydrogens is 275 g/mol. The summed E-state index contributed by atoms with van der Waals surface area (Å²) in [4.78, 5) is 0.963. The van der Waals surface area contributed by atoms with Crippen LogP contribution >= 0.6 is 46.1 Å². The van der Waals surface area contributed by atoms with Gasteiger partial charge in [-0.1, -0.05) is 11.6 Å². The van der Waals surface area contributed by atoms with Crippen molar-refractivity contribution >= 4 is 46.1 Å². The van der Waals surface area contributed by atoms with Gasteiger partial charge in [-0.3, -0.25) is 0 Å². The SMILES string of the molecule is Cc1cc(C(Cl)c2ccc(Cl)o2)sc1Cl. The van der Waals surface area contributed by atoms with E-state index in [0.29, 0.717) is 11.0 Å². The third kappa shape index (κ3) is 2.34. The maximum Gasteiger partial charge on any atom is 0.193 e. The lowest BCUT2D eigenvalue weighted by Crippen LogP contribution is -1.85. The van der Waals surface area contributed by atoms with Crippen molar-refractivity contribution in [2.24, 2.45) is 0 Å². The highest BCUT2D eigenvalue weighted by Crippen LogP contribution is 2.38. The number of thiophene rings is 1. The third-order valence-electron chi connectivity index (χ3n) is 1.97. The van der Waals surface area contributed by atoms with Gasteiger partial charge in [0.05, 0.1) is 4.34 Å². The Balaban J connectivity index is 2.31. The average molecular weight is 282 g/mol. The van der Waals surface area contributed by atoms with Crippen LogP contribution in [0.1, 0.15) is 21.6 Å². The van der Waals surface area contributed by atoms with Crippen LogP contribution in [0.25, 0.3) is 0 Å². The Morgan fingerprint density at radius 3 is 2.53 bits per heavy atom. The van der Waals surface area contributed by atoms with Crippen LogP contribution < -0.4 is 0 Å². The van der Waals surface area contributed by atoms with Crippen LogP contribution in [-0.2, 0) is 0 Å². The van der Waals surface area contributed by atoms with Crippen molar-refractivity contribution in [1.29, 1.82) is 0 Å². The lowest BCUT2D eigenvalue weighted by molar-refractivity contribution is 0.519. The van der Waals surface area contributed by atoms with Crippen LogP contribution in [0.5, 0.6) is 0 Å². The summed E-state index contributed by atoms with van der Waals surface area (Å²) in [6.45, 7) is 1.95. The van der Waals surface area contributed by atoms with Crippen LogP contribution in [0.2, 0.25) is 9.56 Å². The van der Waals surface area contributed by atoms with Crippen LogP contribution in [0.15, 0.2) is 22.6 Å². The van der Waals surface area contributed by atoms with Crippen LogP contribution in [-0.4, -0.2) is 0 Å². The normalized spacial score (nSPS) is 13.1. The van der Waals surface area contributed by atoms with Crippen molar-refractivity contribution in [1.82, 2.24) is 0 Å². The van der Waals surface area contributed by atoms with Gasteiger partial charge in [0.15, 0.2) is 5.22 Å². The summed E-state index contributed by atoms with van der Waals surface area (Å²) in [5.74, 6) is 0.639. The molecule has 0 fully saturated rings. The van der Waals surface area contributed by atoms with Gasteiger partial charge in [-0.25, -0.2) is 0 Å². The minimum absolute atomic E-state index is 0.325. The van der Waals surface area contributed by atoms with Gasteiger partial charge in [-0.15, -0.1) is 22.9 Å². The van der Waals surface area contributed by atoms with E-state index in [1.165, 1.54) is 11.3 Å². The van der Waals surface area contributed by atoms with Crippen molar-refractivity contribution in [2.75, 3.05) is 0 Å². The zero-order valence-corrected chi connectivity index (χ0v) is 10.8. The molecule has 0 spiro atoms. The second-order valence-corrected chi connectivity index (χ2v) is 5.60. The molecule has 2 rings (SSSR count). The van der Waals surface area contributed by atoms with Crippen LogP contribution in [0, 0.1) is 6.92 Å². The standard InChI is InChI=1S/C10H7Cl3OS/c1-5-4-7(15-10(5)13)9(12)6-2-3-8(11)14-6/h2-4,9H,1H3. The molecule has 1 atom stereocenters. The molecule has 0 saturated carbocycles. The van der Waals surface area contributed by atoms with E-state index in [1.54, 1.807) is 12.1 Å². The summed E-state index contributed by atoms with van der Waals surface area (Å²) in [7, 11) is 0. The quantitative estimate of drug-likeness (QED) is 0.682. The van der Waals surface area contributed by atoms with Crippen molar-refractivity contribution in [3.05, 3.63) is 44.0 Å². The Bertz CT molecular complexity index is 455. The molecular formula is C10H7Cl3OS. The fourth-order valence-corrected chi connectivity index (χ4v) is 2.88. The average Bonchev–Trinajstić information content (AvgIpc) is 2.74. The Labute approximate surface area is 107 Å². The molecule has 2 heterocycles. The molecule has 0 bridgehead atoms. The van der Waals surface area contributed by atoms with E-state index in [1.807, 2.05) is 13.0 Å². The predicted molar refractivity (Wildman–Crippen MR) is 65.5 cm³/mol. The maximum absolute atomic E-state index is 6.23. The number of hydrogen-bond donors (Lipinski definition) is 0. The molecule has 0 amide bonds. The van der Waals surface area contributed by atoms with E-state index in [2.05, 4.69) is 0 Å². The molecule has 15 heavy (non-hydrogen) atoms. The molecule has 0 aliphatic carbocycles. The summed E-state index contributed by atoms with van der Waals surface area (Å²) in [5, 5.41) is 0.0173. The highest BCUT2D eigenvalue weighted by Gasteiger charge is 2.18. The number of hydrogen-bond acceptors (Lipinski definition) is 2. The molecule has 0 aliphatic rings. The van der Waals surface area contributed by atoms with E-state index in [0.717, 1.165) is 14.8 Å². The topological polar surface area (TPSA) is 13.1 Å². The first-order valence-corrected chi connectivity index (χ1v) is 6.24. The van der Waals surface area contributed by atoms with Crippen molar-refractivity contribution in [3.8, 4) is 0 Å². The first-order chi connectivity index (χ1) is 7.08. The fourth-order valence-electron chi connectivity index (χ4n) is 1.21. The second-order valence-electron chi connectivity index (χ2n) is 3.11. The minimum atomic E-state index is -0.325. The number of aryl methyl sites for hydroxylation is 1. The molecule has 1 unspecified atom stereocenters. The Morgan fingerprint density at radius 2 is 2.07 bits per heavy atom. The molecule has 0 aliphatic heterocycles. The third-order valence-corrected chi connectivity index (χ3v) is 4.37. The highest BCUT2D eigenvalue weighted by atomic mass is 35.5. The number of halogens is 3. The van der Waals surface area contributed by atoms with Gasteiger partial charge < -0.3 is 4.42 Å². The zero-order valence-electron chi connectivity index (χ0n) is 7.76. The van der Waals surface area contributed by atoms with Crippen molar-refractivity contribution < 1.29 is 4.42 Å². The lowest BCUT2D eigenvalue weighted by Gasteiger charge is -2.01. The molecule has 5 heteroatoms. The molecule has 0 N–H and O–H groups in total. The summed E-state index contributed by atoms with van der Waals surface area (Å²) < 4.78 is 6.00. The fraction of sp³-hybridized carbons (Fsp3) is 0.200. The Hall–Kier alpha value is -0.150. The summed E-state index contributed by atoms with van der Waals surface area (Å²) in [5.41, 5.74) is 1.03. The number of alkyl halides is 1. The molecule has 2 aromatic rings. The maximum atomic E-state index is 6.23. The summed E-state index contributed by atoms with van der Waals surface area (Å²) in [6, 6.07) is 5.40. The Kier molecular flexibility index (Phi) is 3.31. The van der Waals surface area contributed by atoms with E-state index in [9.17, 15) is 0 Å². The monoisotopic (exact) mass is 280 g/mol.